The van der Waals surface area contributed by atoms with Crippen LogP contribution in [-0.2, 0) is 9.59 Å². The van der Waals surface area contributed by atoms with Crippen LogP contribution in [0.2, 0.25) is 0 Å². The second-order valence-electron chi connectivity index (χ2n) is 8.18. The molecule has 0 radical (unpaired) electrons. The summed E-state index contributed by atoms with van der Waals surface area (Å²) in [6, 6.07) is -0.220. The zero-order chi connectivity index (χ0) is 19.8. The van der Waals surface area contributed by atoms with Crippen LogP contribution in [0.1, 0.15) is 58.3 Å². The van der Waals surface area contributed by atoms with Crippen molar-refractivity contribution in [2.45, 2.75) is 76.7 Å². The average Bonchev–Trinajstić information content (AvgIpc) is 3.08. The van der Waals surface area contributed by atoms with E-state index >= 15 is 0 Å². The zero-order valence-electron chi connectivity index (χ0n) is 15.7. The number of rotatable bonds is 5. The summed E-state index contributed by atoms with van der Waals surface area (Å²) in [5.74, 6) is -5.12. The van der Waals surface area contributed by atoms with Crippen LogP contribution in [0.5, 0.6) is 0 Å². The molecule has 2 saturated carbocycles. The van der Waals surface area contributed by atoms with E-state index in [9.17, 15) is 27.2 Å². The summed E-state index contributed by atoms with van der Waals surface area (Å²) in [6.45, 7) is 2.78. The Hall–Kier alpha value is -1.34. The molecule has 8 heteroatoms. The highest BCUT2D eigenvalue weighted by Gasteiger charge is 2.62. The van der Waals surface area contributed by atoms with Crippen LogP contribution in [0.3, 0.4) is 0 Å². The molecule has 0 aromatic heterocycles. The van der Waals surface area contributed by atoms with Gasteiger partial charge in [-0.05, 0) is 39.0 Å². The molecule has 0 aromatic carbocycles. The number of carbonyl (C=O) groups is 2. The van der Waals surface area contributed by atoms with E-state index in [1.54, 1.807) is 6.92 Å². The molecule has 154 valence electrons. The predicted octanol–water partition coefficient (Wildman–Crippen LogP) is 3.70. The molecule has 27 heavy (non-hydrogen) atoms. The summed E-state index contributed by atoms with van der Waals surface area (Å²) < 4.78 is 53.9. The van der Waals surface area contributed by atoms with Crippen molar-refractivity contribution >= 4 is 11.8 Å². The molecule has 2 atom stereocenters. The number of halogens is 4. The Morgan fingerprint density at radius 2 is 1.74 bits per heavy atom. The third-order valence-corrected chi connectivity index (χ3v) is 6.51. The second kappa shape index (κ2) is 7.59. The molecule has 4 nitrogen and oxygen atoms in total. The van der Waals surface area contributed by atoms with Gasteiger partial charge >= 0.3 is 0 Å². The third kappa shape index (κ3) is 3.81. The molecule has 3 fully saturated rings. The molecule has 1 aliphatic heterocycles. The summed E-state index contributed by atoms with van der Waals surface area (Å²) >= 11 is 0. The van der Waals surface area contributed by atoms with Gasteiger partial charge in [-0.15, -0.1) is 0 Å². The maximum atomic E-state index is 13.7. The summed E-state index contributed by atoms with van der Waals surface area (Å²) in [6.07, 6.45) is 0.293. The van der Waals surface area contributed by atoms with Gasteiger partial charge in [-0.2, -0.15) is 0 Å². The van der Waals surface area contributed by atoms with Crippen LogP contribution in [0.4, 0.5) is 17.6 Å². The normalized spacial score (nSPS) is 29.5. The fourth-order valence-electron chi connectivity index (χ4n) is 4.72. The van der Waals surface area contributed by atoms with Gasteiger partial charge < -0.3 is 9.80 Å². The van der Waals surface area contributed by atoms with Crippen LogP contribution in [0.25, 0.3) is 0 Å². The van der Waals surface area contributed by atoms with Crippen molar-refractivity contribution < 1.29 is 27.2 Å². The first-order chi connectivity index (χ1) is 12.7. The minimum atomic E-state index is -2.90. The molecule has 0 spiro atoms. The Morgan fingerprint density at radius 1 is 1.11 bits per heavy atom. The van der Waals surface area contributed by atoms with Gasteiger partial charge in [-0.3, -0.25) is 9.59 Å². The molecule has 2 amide bonds. The SMILES string of the molecule is CCN(C(=O)C1CC1(F)F)C1CCCN(C(=O)C2(C(F)F)CCCC2)CC1. The summed E-state index contributed by atoms with van der Waals surface area (Å²) in [5, 5.41) is 0. The van der Waals surface area contributed by atoms with E-state index in [1.807, 2.05) is 0 Å². The molecule has 3 rings (SSSR count). The Morgan fingerprint density at radius 3 is 2.26 bits per heavy atom. The molecular formula is C19H28F4N2O2. The standard InChI is InChI=1S/C19H28F4N2O2/c1-2-25(15(26)14-12-19(14,22)23)13-6-5-10-24(11-7-13)17(27)18(16(20)21)8-3-4-9-18/h13-14,16H,2-12H2,1H3. The van der Waals surface area contributed by atoms with Crippen LogP contribution in [-0.4, -0.2) is 59.6 Å². The van der Waals surface area contributed by atoms with Crippen LogP contribution in [0.15, 0.2) is 0 Å². The van der Waals surface area contributed by atoms with Crippen molar-refractivity contribution in [3.8, 4) is 0 Å². The first-order valence-corrected chi connectivity index (χ1v) is 9.99. The van der Waals surface area contributed by atoms with Gasteiger partial charge in [0.1, 0.15) is 11.3 Å². The van der Waals surface area contributed by atoms with E-state index in [2.05, 4.69) is 0 Å². The number of hydrogen-bond acceptors (Lipinski definition) is 2. The van der Waals surface area contributed by atoms with Gasteiger partial charge in [-0.25, -0.2) is 17.6 Å². The van der Waals surface area contributed by atoms with Crippen molar-refractivity contribution in [2.75, 3.05) is 19.6 Å². The third-order valence-electron chi connectivity index (χ3n) is 6.51. The summed E-state index contributed by atoms with van der Waals surface area (Å²) in [4.78, 5) is 28.3. The fourth-order valence-corrected chi connectivity index (χ4v) is 4.72. The summed E-state index contributed by atoms with van der Waals surface area (Å²) in [5.41, 5.74) is -1.56. The average molecular weight is 392 g/mol. The van der Waals surface area contributed by atoms with E-state index in [1.165, 1.54) is 9.80 Å². The molecule has 0 N–H and O–H groups in total. The van der Waals surface area contributed by atoms with Crippen molar-refractivity contribution in [1.29, 1.82) is 0 Å². The van der Waals surface area contributed by atoms with Gasteiger partial charge in [0.05, 0.1) is 0 Å². The molecule has 2 aliphatic carbocycles. The van der Waals surface area contributed by atoms with Crippen molar-refractivity contribution in [1.82, 2.24) is 9.80 Å². The zero-order valence-corrected chi connectivity index (χ0v) is 15.7. The Labute approximate surface area is 157 Å². The predicted molar refractivity (Wildman–Crippen MR) is 91.6 cm³/mol. The van der Waals surface area contributed by atoms with Crippen molar-refractivity contribution in [3.05, 3.63) is 0 Å². The fraction of sp³-hybridized carbons (Fsp3) is 0.895. The lowest BCUT2D eigenvalue weighted by Crippen LogP contribution is -2.47. The Bertz CT molecular complexity index is 578. The van der Waals surface area contributed by atoms with E-state index in [-0.39, 0.29) is 18.9 Å². The molecular weight excluding hydrogens is 364 g/mol. The number of alkyl halides is 4. The van der Waals surface area contributed by atoms with Crippen LogP contribution < -0.4 is 0 Å². The van der Waals surface area contributed by atoms with Gasteiger partial charge in [0.2, 0.25) is 11.8 Å². The Balaban J connectivity index is 1.64. The van der Waals surface area contributed by atoms with Gasteiger partial charge in [0.15, 0.2) is 0 Å². The molecule has 0 aromatic rings. The quantitative estimate of drug-likeness (QED) is 0.670. The highest BCUT2D eigenvalue weighted by molar-refractivity contribution is 5.84. The summed E-state index contributed by atoms with van der Waals surface area (Å²) in [7, 11) is 0. The highest BCUT2D eigenvalue weighted by Crippen LogP contribution is 2.50. The molecule has 1 saturated heterocycles. The van der Waals surface area contributed by atoms with E-state index < -0.39 is 41.9 Å². The molecule has 0 bridgehead atoms. The maximum absolute atomic E-state index is 13.7. The second-order valence-corrected chi connectivity index (χ2v) is 8.18. The number of carbonyl (C=O) groups excluding carboxylic acids is 2. The van der Waals surface area contributed by atoms with E-state index in [0.29, 0.717) is 51.7 Å². The lowest BCUT2D eigenvalue weighted by Gasteiger charge is -2.34. The monoisotopic (exact) mass is 392 g/mol. The van der Waals surface area contributed by atoms with E-state index in [4.69, 9.17) is 0 Å². The van der Waals surface area contributed by atoms with Crippen molar-refractivity contribution in [2.24, 2.45) is 11.3 Å². The lowest BCUT2D eigenvalue weighted by molar-refractivity contribution is -0.151. The smallest absolute Gasteiger partial charge is 0.260 e. The minimum Gasteiger partial charge on any atom is -0.342 e. The number of hydrogen-bond donors (Lipinski definition) is 0. The van der Waals surface area contributed by atoms with Crippen molar-refractivity contribution in [3.63, 3.8) is 0 Å². The first-order valence-electron chi connectivity index (χ1n) is 9.99. The maximum Gasteiger partial charge on any atom is 0.260 e. The number of nitrogens with zero attached hydrogens (tertiary/aromatic N) is 2. The van der Waals surface area contributed by atoms with E-state index in [0.717, 1.165) is 0 Å². The van der Waals surface area contributed by atoms with Gasteiger partial charge in [0, 0.05) is 32.1 Å². The Kier molecular flexibility index (Phi) is 5.73. The number of amides is 2. The first kappa shape index (κ1) is 20.4. The minimum absolute atomic E-state index is 0.220. The topological polar surface area (TPSA) is 40.6 Å². The lowest BCUT2D eigenvalue weighted by atomic mass is 9.85. The number of likely N-dealkylation sites (tertiary alicyclic amines) is 1. The molecule has 1 heterocycles. The van der Waals surface area contributed by atoms with Gasteiger partial charge in [-0.1, -0.05) is 12.8 Å². The largest absolute Gasteiger partial charge is 0.342 e. The highest BCUT2D eigenvalue weighted by atomic mass is 19.3. The molecule has 2 unspecified atom stereocenters. The van der Waals surface area contributed by atoms with Gasteiger partial charge in [0.25, 0.3) is 12.3 Å². The molecule has 3 aliphatic rings. The van der Waals surface area contributed by atoms with Crippen LogP contribution in [0, 0.1) is 11.3 Å². The van der Waals surface area contributed by atoms with Crippen LogP contribution >= 0.6 is 0 Å².